The monoisotopic (exact) mass is 542 g/mol. The standard InChI is InChI=1S/C32H26Cl2P2/c33-31-21-25(23-35(26-13-5-1-6-14-26)27-15-7-2-8-16-27)22-32(34)30(31)24-36(28-17-9-3-10-18-28)29-19-11-4-12-20-29/h1-22H,23-24H2. The lowest BCUT2D eigenvalue weighted by Crippen LogP contribution is -2.14. The molecule has 5 aromatic rings. The minimum absolute atomic E-state index is 0.564. The van der Waals surface area contributed by atoms with Crippen LogP contribution >= 0.6 is 39.0 Å². The van der Waals surface area contributed by atoms with Crippen LogP contribution in [-0.2, 0) is 12.3 Å². The maximum absolute atomic E-state index is 6.96. The number of benzene rings is 5. The highest BCUT2D eigenvalue weighted by Crippen LogP contribution is 2.44. The number of hydrogen-bond donors (Lipinski definition) is 0. The molecular formula is C32H26Cl2P2. The van der Waals surface area contributed by atoms with Crippen molar-refractivity contribution in [3.63, 3.8) is 0 Å². The third-order valence-corrected chi connectivity index (χ3v) is 11.8. The van der Waals surface area contributed by atoms with Gasteiger partial charge in [-0.15, -0.1) is 0 Å². The van der Waals surface area contributed by atoms with Gasteiger partial charge in [-0.2, -0.15) is 0 Å². The molecule has 0 amide bonds. The van der Waals surface area contributed by atoms with E-state index >= 15 is 0 Å². The molecule has 0 atom stereocenters. The Kier molecular flexibility index (Phi) is 8.53. The van der Waals surface area contributed by atoms with Crippen molar-refractivity contribution in [3.05, 3.63) is 155 Å². The molecule has 0 heterocycles. The van der Waals surface area contributed by atoms with Gasteiger partial charge in [-0.05, 0) is 60.3 Å². The average Bonchev–Trinajstić information content (AvgIpc) is 2.93. The summed E-state index contributed by atoms with van der Waals surface area (Å²) >= 11 is 13.9. The third kappa shape index (κ3) is 6.08. The quantitative estimate of drug-likeness (QED) is 0.173. The number of rotatable bonds is 8. The van der Waals surface area contributed by atoms with E-state index < -0.39 is 15.8 Å². The minimum atomic E-state index is -0.623. The SMILES string of the molecule is Clc1cc(CP(c2ccccc2)c2ccccc2)cc(Cl)c1CP(c1ccccc1)c1ccccc1. The molecular weight excluding hydrogens is 517 g/mol. The van der Waals surface area contributed by atoms with Gasteiger partial charge in [-0.1, -0.05) is 145 Å². The molecule has 0 bridgehead atoms. The van der Waals surface area contributed by atoms with E-state index in [-0.39, 0.29) is 0 Å². The molecule has 0 radical (unpaired) electrons. The normalized spacial score (nSPS) is 11.2. The fourth-order valence-corrected chi connectivity index (χ4v) is 9.85. The minimum Gasteiger partial charge on any atom is -0.0840 e. The van der Waals surface area contributed by atoms with E-state index in [2.05, 4.69) is 133 Å². The van der Waals surface area contributed by atoms with Crippen molar-refractivity contribution >= 4 is 60.3 Å². The molecule has 0 unspecified atom stereocenters. The Morgan fingerprint density at radius 3 is 1.06 bits per heavy atom. The molecule has 5 rings (SSSR count). The van der Waals surface area contributed by atoms with E-state index in [4.69, 9.17) is 23.2 Å². The van der Waals surface area contributed by atoms with E-state index in [1.165, 1.54) is 26.8 Å². The first-order valence-electron chi connectivity index (χ1n) is 11.9. The summed E-state index contributed by atoms with van der Waals surface area (Å²) in [5.41, 5.74) is 2.21. The van der Waals surface area contributed by atoms with Crippen LogP contribution in [0.5, 0.6) is 0 Å². The lowest BCUT2D eigenvalue weighted by Gasteiger charge is -2.22. The van der Waals surface area contributed by atoms with Crippen LogP contribution in [0.25, 0.3) is 0 Å². The van der Waals surface area contributed by atoms with Crippen LogP contribution in [0.1, 0.15) is 11.1 Å². The Hall–Kier alpha value is -2.46. The molecule has 0 aromatic heterocycles. The molecule has 178 valence electrons. The van der Waals surface area contributed by atoms with Gasteiger partial charge in [0.2, 0.25) is 0 Å². The van der Waals surface area contributed by atoms with Crippen LogP contribution in [0.3, 0.4) is 0 Å². The van der Waals surface area contributed by atoms with Crippen molar-refractivity contribution in [1.29, 1.82) is 0 Å². The zero-order chi connectivity index (χ0) is 24.7. The molecule has 0 aliphatic rings. The van der Waals surface area contributed by atoms with Crippen molar-refractivity contribution in [2.24, 2.45) is 0 Å². The van der Waals surface area contributed by atoms with Gasteiger partial charge in [0.15, 0.2) is 0 Å². The summed E-state index contributed by atoms with van der Waals surface area (Å²) in [4.78, 5) is 0. The van der Waals surface area contributed by atoms with E-state index in [1.807, 2.05) is 0 Å². The largest absolute Gasteiger partial charge is 0.0840 e. The van der Waals surface area contributed by atoms with E-state index in [0.29, 0.717) is 0 Å². The van der Waals surface area contributed by atoms with Crippen molar-refractivity contribution < 1.29 is 0 Å². The molecule has 0 fully saturated rings. The summed E-state index contributed by atoms with van der Waals surface area (Å²) < 4.78 is 0. The predicted octanol–water partition coefficient (Wildman–Crippen LogP) is 8.26. The Morgan fingerprint density at radius 2 is 0.722 bits per heavy atom. The molecule has 0 saturated heterocycles. The summed E-state index contributed by atoms with van der Waals surface area (Å²) in [5, 5.41) is 6.87. The topological polar surface area (TPSA) is 0 Å². The molecule has 0 N–H and O–H groups in total. The zero-order valence-electron chi connectivity index (χ0n) is 19.8. The maximum atomic E-state index is 6.96. The summed E-state index contributed by atoms with van der Waals surface area (Å²) in [6.45, 7) is 0. The van der Waals surface area contributed by atoms with Crippen LogP contribution < -0.4 is 21.2 Å². The second kappa shape index (κ2) is 12.2. The maximum Gasteiger partial charge on any atom is 0.0459 e. The molecule has 0 nitrogen and oxygen atoms in total. The van der Waals surface area contributed by atoms with Gasteiger partial charge in [0.25, 0.3) is 0 Å². The van der Waals surface area contributed by atoms with Crippen LogP contribution in [0.4, 0.5) is 0 Å². The van der Waals surface area contributed by atoms with Gasteiger partial charge < -0.3 is 0 Å². The third-order valence-electron chi connectivity index (χ3n) is 6.13. The molecule has 0 aliphatic carbocycles. The van der Waals surface area contributed by atoms with Gasteiger partial charge in [0, 0.05) is 22.4 Å². The van der Waals surface area contributed by atoms with E-state index in [1.54, 1.807) is 0 Å². The molecule has 4 heteroatoms. The highest BCUT2D eigenvalue weighted by atomic mass is 35.5. The smallest absolute Gasteiger partial charge is 0.0459 e. The van der Waals surface area contributed by atoms with Gasteiger partial charge >= 0.3 is 0 Å². The second-order valence-electron chi connectivity index (χ2n) is 8.55. The predicted molar refractivity (Wildman–Crippen MR) is 162 cm³/mol. The second-order valence-corrected chi connectivity index (χ2v) is 13.8. The van der Waals surface area contributed by atoms with Crippen molar-refractivity contribution in [1.82, 2.24) is 0 Å². The fourth-order valence-electron chi connectivity index (χ4n) is 4.33. The zero-order valence-corrected chi connectivity index (χ0v) is 23.1. The van der Waals surface area contributed by atoms with Gasteiger partial charge in [0.05, 0.1) is 0 Å². The highest BCUT2D eigenvalue weighted by Gasteiger charge is 2.20. The van der Waals surface area contributed by atoms with Crippen molar-refractivity contribution in [2.75, 3.05) is 0 Å². The van der Waals surface area contributed by atoms with Gasteiger partial charge in [-0.3, -0.25) is 0 Å². The molecule has 5 aromatic carbocycles. The molecule has 0 aliphatic heterocycles. The summed E-state index contributed by atoms with van der Waals surface area (Å²) in [6.07, 6.45) is 1.71. The van der Waals surface area contributed by atoms with Crippen molar-refractivity contribution in [2.45, 2.75) is 12.3 Å². The first-order chi connectivity index (χ1) is 17.7. The van der Waals surface area contributed by atoms with Crippen LogP contribution in [0.15, 0.2) is 133 Å². The van der Waals surface area contributed by atoms with Crippen molar-refractivity contribution in [3.8, 4) is 0 Å². The van der Waals surface area contributed by atoms with Crippen LogP contribution in [0.2, 0.25) is 10.0 Å². The summed E-state index contributed by atoms with van der Waals surface area (Å²) in [7, 11) is -1.19. The van der Waals surface area contributed by atoms with E-state index in [9.17, 15) is 0 Å². The Morgan fingerprint density at radius 1 is 0.417 bits per heavy atom. The average molecular weight is 543 g/mol. The fraction of sp³-hybridized carbons (Fsp3) is 0.0625. The number of halogens is 2. The summed E-state index contributed by atoms with van der Waals surface area (Å²) in [6, 6.07) is 47.2. The Labute approximate surface area is 226 Å². The van der Waals surface area contributed by atoms with Crippen LogP contribution in [-0.4, -0.2) is 0 Å². The first kappa shape index (κ1) is 25.2. The lowest BCUT2D eigenvalue weighted by molar-refractivity contribution is 1.33. The highest BCUT2D eigenvalue weighted by molar-refractivity contribution is 7.72. The van der Waals surface area contributed by atoms with Gasteiger partial charge in [0.1, 0.15) is 0 Å². The Bertz CT molecular complexity index is 1290. The van der Waals surface area contributed by atoms with Crippen LogP contribution in [0, 0.1) is 0 Å². The summed E-state index contributed by atoms with van der Waals surface area (Å²) in [5.74, 6) is 0. The van der Waals surface area contributed by atoms with Gasteiger partial charge in [-0.25, -0.2) is 0 Å². The Balaban J connectivity index is 1.47. The number of hydrogen-bond acceptors (Lipinski definition) is 0. The first-order valence-corrected chi connectivity index (χ1v) is 15.7. The molecule has 0 saturated carbocycles. The molecule has 36 heavy (non-hydrogen) atoms. The van der Waals surface area contributed by atoms with E-state index in [0.717, 1.165) is 27.9 Å². The molecule has 0 spiro atoms. The lowest BCUT2D eigenvalue weighted by atomic mass is 10.2.